The molecule has 0 bridgehead atoms. The van der Waals surface area contributed by atoms with Crippen molar-refractivity contribution < 1.29 is 9.53 Å². The number of anilines is 1. The summed E-state index contributed by atoms with van der Waals surface area (Å²) in [6.45, 7) is 1.11. The molecule has 0 fully saturated rings. The van der Waals surface area contributed by atoms with Crippen molar-refractivity contribution in [2.75, 3.05) is 18.6 Å². The third-order valence-electron chi connectivity index (χ3n) is 5.53. The number of terminal acetylenes is 1. The van der Waals surface area contributed by atoms with Crippen LogP contribution in [0.2, 0.25) is 0 Å². The molecule has 0 aliphatic carbocycles. The Kier molecular flexibility index (Phi) is 8.83. The molecule has 0 saturated heterocycles. The Morgan fingerprint density at radius 1 is 1.05 bits per heavy atom. The van der Waals surface area contributed by atoms with E-state index in [4.69, 9.17) is 16.1 Å². The van der Waals surface area contributed by atoms with Gasteiger partial charge in [0.2, 0.25) is 0 Å². The highest BCUT2D eigenvalue weighted by Gasteiger charge is 2.20. The molecule has 2 aromatic carbocycles. The van der Waals surface area contributed by atoms with Crippen LogP contribution < -0.4 is 21.6 Å². The van der Waals surface area contributed by atoms with Gasteiger partial charge >= 0.3 is 6.09 Å². The normalized spacial score (nSPS) is 11.4. The van der Waals surface area contributed by atoms with Crippen LogP contribution in [0.1, 0.15) is 30.3 Å². The lowest BCUT2D eigenvalue weighted by molar-refractivity contribution is 0.144. The smallest absolute Gasteiger partial charge is 0.407 e. The second kappa shape index (κ2) is 12.9. The van der Waals surface area contributed by atoms with E-state index in [1.54, 1.807) is 18.3 Å². The minimum Gasteiger partial charge on any atom is -0.450 e. The summed E-state index contributed by atoms with van der Waals surface area (Å²) < 4.78 is 6.65. The second-order valence-corrected chi connectivity index (χ2v) is 8.20. The molecule has 1 amide bonds. The zero-order chi connectivity index (χ0) is 25.9. The number of para-hydroxylation sites is 1. The fraction of sp³-hybridized carbons (Fsp3) is 0.214. The van der Waals surface area contributed by atoms with Crippen LogP contribution in [0.3, 0.4) is 0 Å². The topological polar surface area (TPSA) is 110 Å². The molecule has 0 aliphatic heterocycles. The first kappa shape index (κ1) is 25.4. The average molecular weight is 497 g/mol. The number of ether oxygens (including phenoxy) is 1. The molecule has 9 nitrogen and oxygen atoms in total. The van der Waals surface area contributed by atoms with E-state index in [2.05, 4.69) is 27.0 Å². The fourth-order valence-electron chi connectivity index (χ4n) is 3.73. The molecule has 0 unspecified atom stereocenters. The standard InChI is InChI=1S/C28H28N6O3/c1-2-11-24(29-18-10-19-37-28(36)31-20-21-12-5-3-6-13-21)26-32-23-16-9-17-30-25(23)27(35)34(26)33-22-14-7-4-8-15-22/h1,3-9,12-17,24,29,33H,10-11,18-20H2,(H,31,36)/t24-/m1/s1. The van der Waals surface area contributed by atoms with Gasteiger partial charge in [-0.2, -0.15) is 0 Å². The number of aromatic nitrogens is 3. The summed E-state index contributed by atoms with van der Waals surface area (Å²) in [5.74, 6) is 3.10. The summed E-state index contributed by atoms with van der Waals surface area (Å²) in [5.41, 5.74) is 5.25. The van der Waals surface area contributed by atoms with Crippen LogP contribution in [-0.4, -0.2) is 33.9 Å². The summed E-state index contributed by atoms with van der Waals surface area (Å²) >= 11 is 0. The average Bonchev–Trinajstić information content (AvgIpc) is 2.94. The van der Waals surface area contributed by atoms with Crippen molar-refractivity contribution in [2.24, 2.45) is 0 Å². The largest absolute Gasteiger partial charge is 0.450 e. The quantitative estimate of drug-likeness (QED) is 0.215. The van der Waals surface area contributed by atoms with Crippen molar-refractivity contribution >= 4 is 22.8 Å². The fourth-order valence-corrected chi connectivity index (χ4v) is 3.73. The molecule has 2 heterocycles. The van der Waals surface area contributed by atoms with Crippen LogP contribution in [-0.2, 0) is 11.3 Å². The number of carbonyl (C=O) groups is 1. The molecule has 4 aromatic rings. The highest BCUT2D eigenvalue weighted by Crippen LogP contribution is 2.17. The van der Waals surface area contributed by atoms with E-state index < -0.39 is 12.1 Å². The van der Waals surface area contributed by atoms with Crippen molar-refractivity contribution in [3.63, 3.8) is 0 Å². The minimum absolute atomic E-state index is 0.223. The van der Waals surface area contributed by atoms with E-state index in [0.29, 0.717) is 37.3 Å². The predicted molar refractivity (Wildman–Crippen MR) is 143 cm³/mol. The zero-order valence-electron chi connectivity index (χ0n) is 20.3. The van der Waals surface area contributed by atoms with Crippen LogP contribution in [0.4, 0.5) is 10.5 Å². The molecule has 1 atom stereocenters. The number of amides is 1. The van der Waals surface area contributed by atoms with Crippen molar-refractivity contribution in [3.05, 3.63) is 101 Å². The highest BCUT2D eigenvalue weighted by molar-refractivity contribution is 5.72. The minimum atomic E-state index is -0.478. The number of rotatable bonds is 11. The third-order valence-corrected chi connectivity index (χ3v) is 5.53. The molecule has 3 N–H and O–H groups in total. The Balaban J connectivity index is 1.41. The number of nitrogens with one attached hydrogen (secondary N) is 3. The lowest BCUT2D eigenvalue weighted by Gasteiger charge is -2.22. The molecule has 0 spiro atoms. The van der Waals surface area contributed by atoms with Crippen molar-refractivity contribution in [3.8, 4) is 12.3 Å². The molecule has 37 heavy (non-hydrogen) atoms. The number of benzene rings is 2. The van der Waals surface area contributed by atoms with E-state index in [1.807, 2.05) is 60.7 Å². The summed E-state index contributed by atoms with van der Waals surface area (Å²) in [6, 6.07) is 22.0. The van der Waals surface area contributed by atoms with Crippen molar-refractivity contribution in [2.45, 2.75) is 25.4 Å². The maximum atomic E-state index is 13.3. The number of alkyl carbamates (subject to hydrolysis) is 1. The van der Waals surface area contributed by atoms with Gasteiger partial charge in [0.05, 0.1) is 23.9 Å². The van der Waals surface area contributed by atoms with Gasteiger partial charge in [0, 0.05) is 19.2 Å². The molecule has 0 saturated carbocycles. The van der Waals surface area contributed by atoms with Gasteiger partial charge in [-0.3, -0.25) is 10.2 Å². The maximum Gasteiger partial charge on any atom is 0.407 e. The van der Waals surface area contributed by atoms with Crippen molar-refractivity contribution in [1.29, 1.82) is 0 Å². The van der Waals surface area contributed by atoms with Gasteiger partial charge in [-0.15, -0.1) is 12.3 Å². The first-order chi connectivity index (χ1) is 18.2. The first-order valence-electron chi connectivity index (χ1n) is 12.0. The second-order valence-electron chi connectivity index (χ2n) is 8.20. The SMILES string of the molecule is C#CC[C@@H](NCCCOC(=O)NCc1ccccc1)c1nc2cccnc2c(=O)n1Nc1ccccc1. The van der Waals surface area contributed by atoms with E-state index >= 15 is 0 Å². The van der Waals surface area contributed by atoms with Gasteiger partial charge in [0.15, 0.2) is 5.52 Å². The van der Waals surface area contributed by atoms with Gasteiger partial charge in [-0.1, -0.05) is 48.5 Å². The number of pyridine rings is 1. The zero-order valence-corrected chi connectivity index (χ0v) is 20.3. The highest BCUT2D eigenvalue weighted by atomic mass is 16.5. The molecule has 2 aromatic heterocycles. The van der Waals surface area contributed by atoms with Gasteiger partial charge in [0.25, 0.3) is 5.56 Å². The lowest BCUT2D eigenvalue weighted by atomic mass is 10.2. The van der Waals surface area contributed by atoms with Crippen LogP contribution in [0.15, 0.2) is 83.8 Å². The third kappa shape index (κ3) is 6.93. The van der Waals surface area contributed by atoms with Gasteiger partial charge in [-0.05, 0) is 42.8 Å². The Morgan fingerprint density at radius 2 is 1.81 bits per heavy atom. The van der Waals surface area contributed by atoms with Gasteiger partial charge in [0.1, 0.15) is 5.82 Å². The lowest BCUT2D eigenvalue weighted by Crippen LogP contribution is -2.36. The first-order valence-corrected chi connectivity index (χ1v) is 12.0. The molecule has 9 heteroatoms. The Labute approximate surface area is 214 Å². The summed E-state index contributed by atoms with van der Waals surface area (Å²) in [7, 11) is 0. The molecular formula is C28H28N6O3. The molecular weight excluding hydrogens is 468 g/mol. The van der Waals surface area contributed by atoms with E-state index in [9.17, 15) is 9.59 Å². The van der Waals surface area contributed by atoms with Crippen LogP contribution in [0, 0.1) is 12.3 Å². The molecule has 188 valence electrons. The predicted octanol–water partition coefficient (Wildman–Crippen LogP) is 3.64. The summed E-state index contributed by atoms with van der Waals surface area (Å²) in [4.78, 5) is 34.2. The van der Waals surface area contributed by atoms with Crippen LogP contribution in [0.5, 0.6) is 0 Å². The van der Waals surface area contributed by atoms with E-state index in [-0.39, 0.29) is 17.7 Å². The summed E-state index contributed by atoms with van der Waals surface area (Å²) in [5, 5.41) is 6.08. The van der Waals surface area contributed by atoms with Crippen molar-refractivity contribution in [1.82, 2.24) is 25.3 Å². The number of fused-ring (bicyclic) bond motifs is 1. The maximum absolute atomic E-state index is 13.3. The number of hydrogen-bond acceptors (Lipinski definition) is 7. The number of carbonyl (C=O) groups excluding carboxylic acids is 1. The summed E-state index contributed by atoms with van der Waals surface area (Å²) in [6.07, 6.45) is 7.58. The Morgan fingerprint density at radius 3 is 2.57 bits per heavy atom. The molecule has 0 radical (unpaired) electrons. The van der Waals surface area contributed by atoms with E-state index in [1.165, 1.54) is 4.68 Å². The number of nitrogens with zero attached hydrogens (tertiary/aromatic N) is 3. The molecule has 4 rings (SSSR count). The monoisotopic (exact) mass is 496 g/mol. The van der Waals surface area contributed by atoms with Crippen LogP contribution >= 0.6 is 0 Å². The Hall–Kier alpha value is -4.68. The van der Waals surface area contributed by atoms with Gasteiger partial charge < -0.3 is 15.4 Å². The Bertz CT molecular complexity index is 1420. The molecule has 0 aliphatic rings. The van der Waals surface area contributed by atoms with Crippen LogP contribution in [0.25, 0.3) is 11.0 Å². The number of hydrogen-bond donors (Lipinski definition) is 3. The van der Waals surface area contributed by atoms with E-state index in [0.717, 1.165) is 11.3 Å². The van der Waals surface area contributed by atoms with Gasteiger partial charge in [-0.25, -0.2) is 19.4 Å².